The third-order valence-corrected chi connectivity index (χ3v) is 2.55. The molecule has 1 aromatic heterocycles. The number of nitrogens with one attached hydrogen (secondary N) is 1. The summed E-state index contributed by atoms with van der Waals surface area (Å²) in [4.78, 5) is 26.2. The first kappa shape index (κ1) is 16.1. The van der Waals surface area contributed by atoms with Gasteiger partial charge in [-0.15, -0.1) is 0 Å². The lowest BCUT2D eigenvalue weighted by Crippen LogP contribution is -2.25. The van der Waals surface area contributed by atoms with Crippen molar-refractivity contribution in [3.8, 4) is 0 Å². The summed E-state index contributed by atoms with van der Waals surface area (Å²) in [6.45, 7) is 5.16. The van der Waals surface area contributed by atoms with Gasteiger partial charge in [-0.05, 0) is 38.8 Å². The lowest BCUT2D eigenvalue weighted by molar-refractivity contribution is 0.0690. The van der Waals surface area contributed by atoms with E-state index in [1.165, 1.54) is 18.3 Å². The summed E-state index contributed by atoms with van der Waals surface area (Å²) in [5.41, 5.74) is 0.166. The molecule has 6 heteroatoms. The summed E-state index contributed by atoms with van der Waals surface area (Å²) in [6, 6.07) is 2.75. The lowest BCUT2D eigenvalue weighted by atomic mass is 10.2. The van der Waals surface area contributed by atoms with Crippen molar-refractivity contribution >= 4 is 11.9 Å². The van der Waals surface area contributed by atoms with E-state index in [-0.39, 0.29) is 17.7 Å². The second-order valence-electron chi connectivity index (χ2n) is 4.62. The normalized spacial score (nSPS) is 10.6. The molecule has 1 amide bonds. The van der Waals surface area contributed by atoms with Gasteiger partial charge in [-0.3, -0.25) is 4.79 Å². The van der Waals surface area contributed by atoms with Crippen molar-refractivity contribution in [1.29, 1.82) is 0 Å². The molecule has 1 rings (SSSR count). The minimum absolute atomic E-state index is 0.136. The summed E-state index contributed by atoms with van der Waals surface area (Å²) in [6.07, 6.45) is 3.22. The quantitative estimate of drug-likeness (QED) is 0.708. The van der Waals surface area contributed by atoms with Gasteiger partial charge in [0.05, 0.1) is 6.10 Å². The first-order chi connectivity index (χ1) is 9.50. The van der Waals surface area contributed by atoms with Crippen LogP contribution in [0.25, 0.3) is 0 Å². The van der Waals surface area contributed by atoms with Gasteiger partial charge in [-0.2, -0.15) is 0 Å². The first-order valence-corrected chi connectivity index (χ1v) is 6.60. The van der Waals surface area contributed by atoms with Gasteiger partial charge in [-0.1, -0.05) is 0 Å². The molecule has 0 spiro atoms. The van der Waals surface area contributed by atoms with Crippen molar-refractivity contribution in [2.75, 3.05) is 13.2 Å². The van der Waals surface area contributed by atoms with Gasteiger partial charge < -0.3 is 15.2 Å². The number of pyridine rings is 1. The molecule has 0 atom stereocenters. The molecule has 6 nitrogen and oxygen atoms in total. The lowest BCUT2D eigenvalue weighted by Gasteiger charge is -2.08. The van der Waals surface area contributed by atoms with E-state index in [1.807, 2.05) is 13.8 Å². The Bertz CT molecular complexity index is 460. The van der Waals surface area contributed by atoms with Crippen LogP contribution in [0.15, 0.2) is 18.3 Å². The molecule has 0 saturated carbocycles. The summed E-state index contributed by atoms with van der Waals surface area (Å²) in [7, 11) is 0. The van der Waals surface area contributed by atoms with Crippen LogP contribution < -0.4 is 5.32 Å². The van der Waals surface area contributed by atoms with Crippen LogP contribution >= 0.6 is 0 Å². The Balaban J connectivity index is 2.32. The Kier molecular flexibility index (Phi) is 6.66. The minimum atomic E-state index is -1.15. The van der Waals surface area contributed by atoms with E-state index in [9.17, 15) is 9.59 Å². The topological polar surface area (TPSA) is 88.5 Å². The fourth-order valence-electron chi connectivity index (χ4n) is 1.54. The molecule has 0 aliphatic carbocycles. The highest BCUT2D eigenvalue weighted by Crippen LogP contribution is 2.02. The van der Waals surface area contributed by atoms with E-state index in [2.05, 4.69) is 10.3 Å². The summed E-state index contributed by atoms with van der Waals surface area (Å²) >= 11 is 0. The van der Waals surface area contributed by atoms with Crippen molar-refractivity contribution in [3.63, 3.8) is 0 Å². The number of carboxylic acids is 1. The Morgan fingerprint density at radius 3 is 2.80 bits per heavy atom. The number of carbonyl (C=O) groups excluding carboxylic acids is 1. The van der Waals surface area contributed by atoms with E-state index in [0.29, 0.717) is 18.7 Å². The average molecular weight is 280 g/mol. The van der Waals surface area contributed by atoms with Crippen molar-refractivity contribution < 1.29 is 19.4 Å². The third-order valence-electron chi connectivity index (χ3n) is 2.55. The molecule has 0 aromatic carbocycles. The van der Waals surface area contributed by atoms with E-state index in [4.69, 9.17) is 9.84 Å². The van der Waals surface area contributed by atoms with Crippen LogP contribution in [0.5, 0.6) is 0 Å². The number of amides is 1. The summed E-state index contributed by atoms with van der Waals surface area (Å²) in [5.74, 6) is -1.44. The fraction of sp³-hybridized carbons (Fsp3) is 0.500. The molecule has 110 valence electrons. The molecule has 0 aliphatic heterocycles. The highest BCUT2D eigenvalue weighted by atomic mass is 16.5. The monoisotopic (exact) mass is 280 g/mol. The van der Waals surface area contributed by atoms with Gasteiger partial charge >= 0.3 is 5.97 Å². The Morgan fingerprint density at radius 2 is 2.15 bits per heavy atom. The van der Waals surface area contributed by atoms with Gasteiger partial charge in [0.25, 0.3) is 5.91 Å². The molecule has 0 saturated heterocycles. The zero-order chi connectivity index (χ0) is 15.0. The molecular weight excluding hydrogens is 260 g/mol. The average Bonchev–Trinajstić information content (AvgIpc) is 2.42. The number of aromatic nitrogens is 1. The van der Waals surface area contributed by atoms with Crippen molar-refractivity contribution in [2.24, 2.45) is 0 Å². The number of unbranched alkanes of at least 4 members (excludes halogenated alkanes) is 1. The molecule has 0 bridgehead atoms. The van der Waals surface area contributed by atoms with Crippen LogP contribution in [0.3, 0.4) is 0 Å². The van der Waals surface area contributed by atoms with Gasteiger partial charge in [-0.25, -0.2) is 9.78 Å². The molecule has 1 heterocycles. The molecule has 1 aromatic rings. The maximum absolute atomic E-state index is 11.8. The fourth-order valence-corrected chi connectivity index (χ4v) is 1.54. The predicted molar refractivity (Wildman–Crippen MR) is 73.9 cm³/mol. The van der Waals surface area contributed by atoms with E-state index in [0.717, 1.165) is 12.8 Å². The number of ether oxygens (including phenoxy) is 1. The smallest absolute Gasteiger partial charge is 0.354 e. The van der Waals surface area contributed by atoms with Crippen molar-refractivity contribution in [3.05, 3.63) is 29.6 Å². The number of carboxylic acid groups (broad SMARTS) is 1. The number of aromatic carboxylic acids is 1. The minimum Gasteiger partial charge on any atom is -0.477 e. The largest absolute Gasteiger partial charge is 0.477 e. The number of hydrogen-bond acceptors (Lipinski definition) is 4. The van der Waals surface area contributed by atoms with Crippen molar-refractivity contribution in [2.45, 2.75) is 32.8 Å². The number of rotatable bonds is 8. The van der Waals surface area contributed by atoms with Crippen LogP contribution in [-0.2, 0) is 4.74 Å². The standard InChI is InChI=1S/C14H20N2O4/c1-10(2)20-8-4-3-6-16-13(17)11-5-7-15-12(9-11)14(18)19/h5,7,9-10H,3-4,6,8H2,1-2H3,(H,16,17)(H,18,19). The van der Waals surface area contributed by atoms with Crippen LogP contribution in [0.1, 0.15) is 47.5 Å². The number of hydrogen-bond donors (Lipinski definition) is 2. The Morgan fingerprint density at radius 1 is 1.40 bits per heavy atom. The molecule has 2 N–H and O–H groups in total. The highest BCUT2D eigenvalue weighted by molar-refractivity contribution is 5.96. The third kappa shape index (κ3) is 5.79. The summed E-state index contributed by atoms with van der Waals surface area (Å²) < 4.78 is 5.39. The zero-order valence-electron chi connectivity index (χ0n) is 11.8. The molecule has 0 unspecified atom stereocenters. The molecule has 0 aliphatic rings. The number of carbonyl (C=O) groups is 2. The Labute approximate surface area is 118 Å². The summed E-state index contributed by atoms with van der Waals surface area (Å²) in [5, 5.41) is 11.5. The van der Waals surface area contributed by atoms with Gasteiger partial charge in [0, 0.05) is 24.9 Å². The van der Waals surface area contributed by atoms with Crippen LogP contribution in [0, 0.1) is 0 Å². The van der Waals surface area contributed by atoms with E-state index < -0.39 is 5.97 Å². The SMILES string of the molecule is CC(C)OCCCCNC(=O)c1ccnc(C(=O)O)c1. The van der Waals surface area contributed by atoms with Crippen LogP contribution in [-0.4, -0.2) is 41.2 Å². The van der Waals surface area contributed by atoms with Crippen molar-refractivity contribution in [1.82, 2.24) is 10.3 Å². The van der Waals surface area contributed by atoms with Gasteiger partial charge in [0.15, 0.2) is 0 Å². The molecule has 20 heavy (non-hydrogen) atoms. The maximum Gasteiger partial charge on any atom is 0.354 e. The molecule has 0 radical (unpaired) electrons. The van der Waals surface area contributed by atoms with Gasteiger partial charge in [0.2, 0.25) is 0 Å². The first-order valence-electron chi connectivity index (χ1n) is 6.60. The second-order valence-corrected chi connectivity index (χ2v) is 4.62. The van der Waals surface area contributed by atoms with Crippen LogP contribution in [0.2, 0.25) is 0 Å². The van der Waals surface area contributed by atoms with E-state index >= 15 is 0 Å². The molecule has 0 fully saturated rings. The highest BCUT2D eigenvalue weighted by Gasteiger charge is 2.09. The van der Waals surface area contributed by atoms with Crippen LogP contribution in [0.4, 0.5) is 0 Å². The maximum atomic E-state index is 11.8. The predicted octanol–water partition coefficient (Wildman–Crippen LogP) is 1.71. The number of nitrogens with zero attached hydrogens (tertiary/aromatic N) is 1. The molecular formula is C14H20N2O4. The zero-order valence-corrected chi connectivity index (χ0v) is 11.8. The van der Waals surface area contributed by atoms with Gasteiger partial charge in [0.1, 0.15) is 5.69 Å². The second kappa shape index (κ2) is 8.27. The van der Waals surface area contributed by atoms with E-state index in [1.54, 1.807) is 0 Å². The Hall–Kier alpha value is -1.95.